The molecule has 0 bridgehead atoms. The van der Waals surface area contributed by atoms with E-state index in [0.717, 1.165) is 34.6 Å². The van der Waals surface area contributed by atoms with Gasteiger partial charge in [-0.15, -0.1) is 0 Å². The van der Waals surface area contributed by atoms with Gasteiger partial charge in [0.15, 0.2) is 5.16 Å². The van der Waals surface area contributed by atoms with Crippen molar-refractivity contribution >= 4 is 28.7 Å². The Balaban J connectivity index is 1.57. The molecule has 1 atom stereocenters. The molecule has 0 aliphatic heterocycles. The predicted octanol–water partition coefficient (Wildman–Crippen LogP) is 4.85. The van der Waals surface area contributed by atoms with Crippen molar-refractivity contribution in [3.8, 4) is 0 Å². The van der Waals surface area contributed by atoms with Crippen LogP contribution in [0, 0.1) is 0 Å². The zero-order chi connectivity index (χ0) is 17.8. The maximum Gasteiger partial charge on any atom is 0.238 e. The Kier molecular flexibility index (Phi) is 5.25. The van der Waals surface area contributed by atoms with Crippen LogP contribution in [-0.2, 0) is 4.79 Å². The summed E-state index contributed by atoms with van der Waals surface area (Å²) in [5.74, 6) is 0.0774. The van der Waals surface area contributed by atoms with Crippen molar-refractivity contribution in [1.82, 2.24) is 15.3 Å². The van der Waals surface area contributed by atoms with Gasteiger partial charge in [-0.2, -0.15) is 0 Å². The third kappa shape index (κ3) is 3.93. The van der Waals surface area contributed by atoms with Crippen LogP contribution in [0.15, 0.2) is 59.8 Å². The van der Waals surface area contributed by atoms with E-state index in [1.54, 1.807) is 0 Å². The average molecular weight is 366 g/mol. The lowest BCUT2D eigenvalue weighted by molar-refractivity contribution is -0.121. The highest BCUT2D eigenvalue weighted by Gasteiger charge is 2.26. The number of nitrogens with one attached hydrogen (secondary N) is 2. The number of fused-ring (bicyclic) bond motifs is 1. The predicted molar refractivity (Wildman–Crippen MR) is 106 cm³/mol. The fourth-order valence-electron chi connectivity index (χ4n) is 3.52. The van der Waals surface area contributed by atoms with E-state index in [9.17, 15) is 4.79 Å². The maximum atomic E-state index is 13.1. The first-order chi connectivity index (χ1) is 12.8. The number of rotatable bonds is 5. The maximum absolute atomic E-state index is 13.1. The number of benzene rings is 2. The number of carbonyl (C=O) groups excluding carboxylic acids is 1. The number of hydrogen-bond donors (Lipinski definition) is 2. The topological polar surface area (TPSA) is 57.8 Å². The Labute approximate surface area is 157 Å². The Morgan fingerprint density at radius 1 is 1.04 bits per heavy atom. The number of aromatic nitrogens is 2. The monoisotopic (exact) mass is 365 g/mol. The quantitative estimate of drug-likeness (QED) is 0.636. The van der Waals surface area contributed by atoms with Gasteiger partial charge in [0.2, 0.25) is 5.91 Å². The molecule has 0 spiro atoms. The molecular weight excluding hydrogens is 342 g/mol. The van der Waals surface area contributed by atoms with Crippen molar-refractivity contribution in [3.63, 3.8) is 0 Å². The molecule has 4 rings (SSSR count). The molecule has 2 aromatic carbocycles. The van der Waals surface area contributed by atoms with E-state index in [1.807, 2.05) is 54.6 Å². The number of H-pyrrole nitrogens is 1. The highest BCUT2D eigenvalue weighted by atomic mass is 32.2. The SMILES string of the molecule is O=C(NC1CCCCC1)[C@@H](Sc1nc2ccccc2[nH]1)c1ccccc1. The second-order valence-corrected chi connectivity index (χ2v) is 7.91. The Bertz CT molecular complexity index is 838. The summed E-state index contributed by atoms with van der Waals surface area (Å²) in [5, 5.41) is 3.74. The fraction of sp³-hybridized carbons (Fsp3) is 0.333. The van der Waals surface area contributed by atoms with Gasteiger partial charge in [0.1, 0.15) is 5.25 Å². The molecule has 1 fully saturated rings. The minimum Gasteiger partial charge on any atom is -0.352 e. The Hall–Kier alpha value is -2.27. The second kappa shape index (κ2) is 7.96. The Morgan fingerprint density at radius 2 is 1.77 bits per heavy atom. The summed E-state index contributed by atoms with van der Waals surface area (Å²) in [6.07, 6.45) is 5.86. The van der Waals surface area contributed by atoms with Crippen molar-refractivity contribution in [2.75, 3.05) is 0 Å². The van der Waals surface area contributed by atoms with Gasteiger partial charge in [-0.1, -0.05) is 73.5 Å². The zero-order valence-corrected chi connectivity index (χ0v) is 15.5. The first kappa shape index (κ1) is 17.2. The van der Waals surface area contributed by atoms with Crippen LogP contribution < -0.4 is 5.32 Å². The number of hydrogen-bond acceptors (Lipinski definition) is 3. The lowest BCUT2D eigenvalue weighted by atomic mass is 9.95. The van der Waals surface area contributed by atoms with Crippen LogP contribution in [0.5, 0.6) is 0 Å². The summed E-state index contributed by atoms with van der Waals surface area (Å²) in [5.41, 5.74) is 2.93. The summed E-state index contributed by atoms with van der Waals surface area (Å²) in [6.45, 7) is 0. The minimum atomic E-state index is -0.307. The number of para-hydroxylation sites is 2. The summed E-state index contributed by atoms with van der Waals surface area (Å²) in [4.78, 5) is 21.0. The number of thioether (sulfide) groups is 1. The second-order valence-electron chi connectivity index (χ2n) is 6.81. The number of nitrogens with zero attached hydrogens (tertiary/aromatic N) is 1. The van der Waals surface area contributed by atoms with Crippen molar-refractivity contribution in [1.29, 1.82) is 0 Å². The molecule has 5 heteroatoms. The van der Waals surface area contributed by atoms with Gasteiger partial charge in [-0.05, 0) is 30.5 Å². The summed E-state index contributed by atoms with van der Waals surface area (Å²) < 4.78 is 0. The van der Waals surface area contributed by atoms with Crippen LogP contribution in [0.2, 0.25) is 0 Å². The normalized spacial score (nSPS) is 16.5. The van der Waals surface area contributed by atoms with Crippen LogP contribution in [0.3, 0.4) is 0 Å². The van der Waals surface area contributed by atoms with Gasteiger partial charge in [-0.3, -0.25) is 4.79 Å². The van der Waals surface area contributed by atoms with E-state index in [1.165, 1.54) is 31.0 Å². The van der Waals surface area contributed by atoms with Crippen molar-refractivity contribution in [3.05, 3.63) is 60.2 Å². The van der Waals surface area contributed by atoms with Crippen LogP contribution >= 0.6 is 11.8 Å². The number of aromatic amines is 1. The molecule has 0 radical (unpaired) electrons. The van der Waals surface area contributed by atoms with Crippen molar-refractivity contribution in [2.24, 2.45) is 0 Å². The molecule has 1 aromatic heterocycles. The molecule has 134 valence electrons. The highest BCUT2D eigenvalue weighted by Crippen LogP contribution is 2.35. The summed E-state index contributed by atoms with van der Waals surface area (Å²) in [6, 6.07) is 18.2. The van der Waals surface area contributed by atoms with Gasteiger partial charge in [0.05, 0.1) is 11.0 Å². The summed E-state index contributed by atoms with van der Waals surface area (Å²) in [7, 11) is 0. The molecular formula is C21H23N3OS. The van der Waals surface area contributed by atoms with Crippen molar-refractivity contribution < 1.29 is 4.79 Å². The molecule has 3 aromatic rings. The first-order valence-electron chi connectivity index (χ1n) is 9.26. The van der Waals surface area contributed by atoms with Gasteiger partial charge in [0, 0.05) is 6.04 Å². The van der Waals surface area contributed by atoms with E-state index < -0.39 is 0 Å². The van der Waals surface area contributed by atoms with Gasteiger partial charge >= 0.3 is 0 Å². The Morgan fingerprint density at radius 3 is 2.54 bits per heavy atom. The number of carbonyl (C=O) groups is 1. The molecule has 1 amide bonds. The van der Waals surface area contributed by atoms with Gasteiger partial charge < -0.3 is 10.3 Å². The van der Waals surface area contributed by atoms with Gasteiger partial charge in [-0.25, -0.2) is 4.98 Å². The number of amides is 1. The zero-order valence-electron chi connectivity index (χ0n) is 14.7. The minimum absolute atomic E-state index is 0.0774. The van der Waals surface area contributed by atoms with E-state index in [4.69, 9.17) is 0 Å². The lowest BCUT2D eigenvalue weighted by Gasteiger charge is -2.25. The third-order valence-corrected chi connectivity index (χ3v) is 6.03. The molecule has 26 heavy (non-hydrogen) atoms. The van der Waals surface area contributed by atoms with E-state index in [-0.39, 0.29) is 11.2 Å². The molecule has 0 unspecified atom stereocenters. The van der Waals surface area contributed by atoms with Crippen LogP contribution in [-0.4, -0.2) is 21.9 Å². The standard InChI is InChI=1S/C21H23N3OS/c25-20(22-16-11-5-2-6-12-16)19(15-9-3-1-4-10-15)26-21-23-17-13-7-8-14-18(17)24-21/h1,3-4,7-10,13-14,16,19H,2,5-6,11-12H2,(H,22,25)(H,23,24)/t19-/m0/s1. The van der Waals surface area contributed by atoms with Crippen molar-refractivity contribution in [2.45, 2.75) is 48.6 Å². The highest BCUT2D eigenvalue weighted by molar-refractivity contribution is 8.00. The molecule has 1 aliphatic carbocycles. The first-order valence-corrected chi connectivity index (χ1v) is 10.1. The molecule has 1 heterocycles. The molecule has 1 aliphatic rings. The third-order valence-electron chi connectivity index (χ3n) is 4.89. The lowest BCUT2D eigenvalue weighted by Crippen LogP contribution is -2.38. The van der Waals surface area contributed by atoms with E-state index in [0.29, 0.717) is 6.04 Å². The fourth-order valence-corrected chi connectivity index (χ4v) is 4.53. The van der Waals surface area contributed by atoms with Crippen LogP contribution in [0.1, 0.15) is 42.9 Å². The average Bonchev–Trinajstić information content (AvgIpc) is 3.10. The molecule has 0 saturated heterocycles. The molecule has 1 saturated carbocycles. The molecule has 2 N–H and O–H groups in total. The molecule has 4 nitrogen and oxygen atoms in total. The van der Waals surface area contributed by atoms with Crippen LogP contribution in [0.4, 0.5) is 0 Å². The number of imidazole rings is 1. The van der Waals surface area contributed by atoms with Crippen LogP contribution in [0.25, 0.3) is 11.0 Å². The van der Waals surface area contributed by atoms with Gasteiger partial charge in [0.25, 0.3) is 0 Å². The van der Waals surface area contributed by atoms with E-state index >= 15 is 0 Å². The smallest absolute Gasteiger partial charge is 0.238 e. The van der Waals surface area contributed by atoms with E-state index in [2.05, 4.69) is 15.3 Å². The largest absolute Gasteiger partial charge is 0.352 e. The summed E-state index contributed by atoms with van der Waals surface area (Å²) >= 11 is 1.49.